The lowest BCUT2D eigenvalue weighted by atomic mass is 10.4. The summed E-state index contributed by atoms with van der Waals surface area (Å²) in [6, 6.07) is 0. The van der Waals surface area contributed by atoms with Crippen molar-refractivity contribution < 1.29 is 9.53 Å². The number of nitrogen functional groups attached to an aromatic ring is 1. The molecule has 0 radical (unpaired) electrons. The Morgan fingerprint density at radius 1 is 1.65 bits per heavy atom. The Labute approximate surface area is 101 Å². The van der Waals surface area contributed by atoms with Crippen molar-refractivity contribution in [3.8, 4) is 0 Å². The van der Waals surface area contributed by atoms with Crippen molar-refractivity contribution in [2.45, 2.75) is 13.5 Å². The lowest BCUT2D eigenvalue weighted by Crippen LogP contribution is -2.05. The van der Waals surface area contributed by atoms with Crippen molar-refractivity contribution in [2.75, 3.05) is 12.3 Å². The fourth-order valence-corrected chi connectivity index (χ4v) is 1.79. The SMILES string of the molecule is CCOC(=O)c1cn(Cc2csc(N)n2)nn1. The molecule has 0 aliphatic heterocycles. The van der Waals surface area contributed by atoms with Crippen LogP contribution in [-0.4, -0.2) is 32.6 Å². The van der Waals surface area contributed by atoms with E-state index in [4.69, 9.17) is 10.5 Å². The summed E-state index contributed by atoms with van der Waals surface area (Å²) >= 11 is 1.36. The fourth-order valence-electron chi connectivity index (χ4n) is 1.24. The number of nitrogens with zero attached hydrogens (tertiary/aromatic N) is 4. The summed E-state index contributed by atoms with van der Waals surface area (Å²) in [5.74, 6) is -0.475. The maximum Gasteiger partial charge on any atom is 0.360 e. The minimum absolute atomic E-state index is 0.190. The molecule has 90 valence electrons. The van der Waals surface area contributed by atoms with Gasteiger partial charge in [0, 0.05) is 5.38 Å². The zero-order valence-electron chi connectivity index (χ0n) is 9.16. The van der Waals surface area contributed by atoms with Gasteiger partial charge in [0.15, 0.2) is 10.8 Å². The molecule has 0 atom stereocenters. The van der Waals surface area contributed by atoms with Gasteiger partial charge in [0.2, 0.25) is 0 Å². The van der Waals surface area contributed by atoms with E-state index in [1.54, 1.807) is 6.92 Å². The normalized spacial score (nSPS) is 10.4. The zero-order chi connectivity index (χ0) is 12.3. The highest BCUT2D eigenvalue weighted by molar-refractivity contribution is 7.13. The highest BCUT2D eigenvalue weighted by Gasteiger charge is 2.12. The topological polar surface area (TPSA) is 95.9 Å². The molecule has 2 aromatic rings. The predicted octanol–water partition coefficient (Wildman–Crippen LogP) is 0.542. The summed E-state index contributed by atoms with van der Waals surface area (Å²) in [4.78, 5) is 15.4. The maximum atomic E-state index is 11.3. The first-order valence-corrected chi connectivity index (χ1v) is 5.84. The molecule has 8 heteroatoms. The number of ether oxygens (including phenoxy) is 1. The number of hydrogen-bond donors (Lipinski definition) is 1. The molecule has 0 spiro atoms. The minimum atomic E-state index is -0.475. The molecule has 0 saturated carbocycles. The van der Waals surface area contributed by atoms with E-state index in [-0.39, 0.29) is 5.69 Å². The minimum Gasteiger partial charge on any atom is -0.461 e. The zero-order valence-corrected chi connectivity index (χ0v) is 9.98. The van der Waals surface area contributed by atoms with Crippen LogP contribution in [0.4, 0.5) is 5.13 Å². The maximum absolute atomic E-state index is 11.3. The first-order chi connectivity index (χ1) is 8.19. The third-order valence-corrected chi connectivity index (χ3v) is 2.64. The molecule has 2 aromatic heterocycles. The monoisotopic (exact) mass is 253 g/mol. The summed E-state index contributed by atoms with van der Waals surface area (Å²) < 4.78 is 6.32. The Bertz CT molecular complexity index is 521. The van der Waals surface area contributed by atoms with Crippen molar-refractivity contribution in [2.24, 2.45) is 0 Å². The van der Waals surface area contributed by atoms with E-state index < -0.39 is 5.97 Å². The quantitative estimate of drug-likeness (QED) is 0.799. The second kappa shape index (κ2) is 4.91. The Morgan fingerprint density at radius 2 is 2.47 bits per heavy atom. The molecule has 17 heavy (non-hydrogen) atoms. The van der Waals surface area contributed by atoms with Gasteiger partial charge in [0.05, 0.1) is 25.0 Å². The van der Waals surface area contributed by atoms with Crippen LogP contribution >= 0.6 is 11.3 Å². The van der Waals surface area contributed by atoms with Crippen molar-refractivity contribution in [3.63, 3.8) is 0 Å². The fraction of sp³-hybridized carbons (Fsp3) is 0.333. The van der Waals surface area contributed by atoms with Gasteiger partial charge in [-0.3, -0.25) is 0 Å². The van der Waals surface area contributed by atoms with Gasteiger partial charge in [0.1, 0.15) is 0 Å². The lowest BCUT2D eigenvalue weighted by Gasteiger charge is -1.96. The van der Waals surface area contributed by atoms with Crippen molar-refractivity contribution in [1.82, 2.24) is 20.0 Å². The third-order valence-electron chi connectivity index (χ3n) is 1.92. The number of carbonyl (C=O) groups is 1. The van der Waals surface area contributed by atoms with Gasteiger partial charge in [-0.2, -0.15) is 0 Å². The van der Waals surface area contributed by atoms with E-state index in [0.29, 0.717) is 18.3 Å². The van der Waals surface area contributed by atoms with E-state index >= 15 is 0 Å². The summed E-state index contributed by atoms with van der Waals surface area (Å²) in [5.41, 5.74) is 6.49. The van der Waals surface area contributed by atoms with Crippen LogP contribution in [0, 0.1) is 0 Å². The molecule has 0 saturated heterocycles. The molecule has 7 nitrogen and oxygen atoms in total. The van der Waals surface area contributed by atoms with Gasteiger partial charge < -0.3 is 10.5 Å². The number of nitrogens with two attached hydrogens (primary N) is 1. The van der Waals surface area contributed by atoms with Crippen molar-refractivity contribution >= 4 is 22.4 Å². The molecule has 0 aromatic carbocycles. The van der Waals surface area contributed by atoms with E-state index in [1.165, 1.54) is 22.2 Å². The second-order valence-corrected chi connectivity index (χ2v) is 4.09. The van der Waals surface area contributed by atoms with Crippen LogP contribution in [-0.2, 0) is 11.3 Å². The van der Waals surface area contributed by atoms with Crippen LogP contribution in [0.1, 0.15) is 23.1 Å². The summed E-state index contributed by atoms with van der Waals surface area (Å²) in [6.45, 7) is 2.48. The van der Waals surface area contributed by atoms with Crippen molar-refractivity contribution in [3.05, 3.63) is 23.0 Å². The third kappa shape index (κ3) is 2.78. The Kier molecular flexibility index (Phi) is 3.33. The molecule has 0 aliphatic rings. The molecule has 0 bridgehead atoms. The van der Waals surface area contributed by atoms with Gasteiger partial charge in [-0.15, -0.1) is 16.4 Å². The molecule has 0 unspecified atom stereocenters. The van der Waals surface area contributed by atoms with E-state index in [9.17, 15) is 4.79 Å². The van der Waals surface area contributed by atoms with Gasteiger partial charge in [-0.1, -0.05) is 5.21 Å². The van der Waals surface area contributed by atoms with E-state index in [0.717, 1.165) is 5.69 Å². The highest BCUT2D eigenvalue weighted by atomic mass is 32.1. The Balaban J connectivity index is 2.06. The number of esters is 1. The van der Waals surface area contributed by atoms with Crippen molar-refractivity contribution in [1.29, 1.82) is 0 Å². The molecule has 0 aliphatic carbocycles. The molecule has 2 heterocycles. The standard InChI is InChI=1S/C9H11N5O2S/c1-2-16-8(15)7-4-14(13-12-7)3-6-5-17-9(10)11-6/h4-5H,2-3H2,1H3,(H2,10,11). The Hall–Kier alpha value is -1.96. The highest BCUT2D eigenvalue weighted by Crippen LogP contribution is 2.11. The van der Waals surface area contributed by atoms with Gasteiger partial charge in [0.25, 0.3) is 0 Å². The first kappa shape index (κ1) is 11.5. The first-order valence-electron chi connectivity index (χ1n) is 4.96. The molecule has 2 rings (SSSR count). The number of rotatable bonds is 4. The summed E-state index contributed by atoms with van der Waals surface area (Å²) in [6.07, 6.45) is 1.52. The number of hydrogen-bond acceptors (Lipinski definition) is 7. The second-order valence-electron chi connectivity index (χ2n) is 3.20. The van der Waals surface area contributed by atoms with Gasteiger partial charge >= 0.3 is 5.97 Å². The molecular weight excluding hydrogens is 242 g/mol. The lowest BCUT2D eigenvalue weighted by molar-refractivity contribution is 0.0519. The summed E-state index contributed by atoms with van der Waals surface area (Å²) in [5, 5.41) is 9.87. The van der Waals surface area contributed by atoms with Crippen LogP contribution in [0.25, 0.3) is 0 Å². The molecular formula is C9H11N5O2S. The van der Waals surface area contributed by atoms with E-state index in [2.05, 4.69) is 15.3 Å². The number of anilines is 1. The largest absolute Gasteiger partial charge is 0.461 e. The molecule has 0 fully saturated rings. The molecule has 0 amide bonds. The van der Waals surface area contributed by atoms with E-state index in [1.807, 2.05) is 5.38 Å². The number of thiazole rings is 1. The predicted molar refractivity (Wildman–Crippen MR) is 61.6 cm³/mol. The molecule has 2 N–H and O–H groups in total. The number of carbonyl (C=O) groups excluding carboxylic acids is 1. The number of aromatic nitrogens is 4. The van der Waals surface area contributed by atoms with Crippen LogP contribution in [0.5, 0.6) is 0 Å². The summed E-state index contributed by atoms with van der Waals surface area (Å²) in [7, 11) is 0. The smallest absolute Gasteiger partial charge is 0.360 e. The van der Waals surface area contributed by atoms with Gasteiger partial charge in [-0.05, 0) is 6.92 Å². The van der Waals surface area contributed by atoms with Gasteiger partial charge in [-0.25, -0.2) is 14.5 Å². The van der Waals surface area contributed by atoms with Crippen LogP contribution < -0.4 is 5.73 Å². The Morgan fingerprint density at radius 3 is 3.12 bits per heavy atom. The average molecular weight is 253 g/mol. The van der Waals surface area contributed by atoms with Crippen LogP contribution in [0.3, 0.4) is 0 Å². The van der Waals surface area contributed by atoms with Crippen LogP contribution in [0.2, 0.25) is 0 Å². The average Bonchev–Trinajstić information content (AvgIpc) is 2.89. The van der Waals surface area contributed by atoms with Crippen LogP contribution in [0.15, 0.2) is 11.6 Å².